The van der Waals surface area contributed by atoms with Gasteiger partial charge in [0, 0.05) is 45.9 Å². The number of nitrogens with zero attached hydrogens (tertiary/aromatic N) is 1. The van der Waals surface area contributed by atoms with Crippen molar-refractivity contribution in [3.63, 3.8) is 0 Å². The third kappa shape index (κ3) is 6.14. The maximum Gasteiger partial charge on any atom is 0.251 e. The highest BCUT2D eigenvalue weighted by Crippen LogP contribution is 2.04. The molecule has 1 aromatic carbocycles. The first-order valence-corrected chi connectivity index (χ1v) is 6.86. The first-order valence-electron chi connectivity index (χ1n) is 6.86. The Morgan fingerprint density at radius 3 is 2.55 bits per heavy atom. The largest absolute Gasteiger partial charge is 0.383 e. The second-order valence-corrected chi connectivity index (χ2v) is 4.75. The molecule has 0 heterocycles. The van der Waals surface area contributed by atoms with Crippen LogP contribution < -0.4 is 10.6 Å². The summed E-state index contributed by atoms with van der Waals surface area (Å²) in [5, 5.41) is 6.00. The average molecular weight is 279 g/mol. The Balaban J connectivity index is 2.23. The fraction of sp³-hybridized carbons (Fsp3) is 0.533. The van der Waals surface area contributed by atoms with E-state index in [-0.39, 0.29) is 5.91 Å². The van der Waals surface area contributed by atoms with E-state index in [1.807, 2.05) is 24.3 Å². The molecule has 0 aliphatic heterocycles. The molecule has 20 heavy (non-hydrogen) atoms. The van der Waals surface area contributed by atoms with Gasteiger partial charge in [0.05, 0.1) is 6.61 Å². The van der Waals surface area contributed by atoms with Crippen molar-refractivity contribution in [1.82, 2.24) is 15.5 Å². The van der Waals surface area contributed by atoms with Crippen LogP contribution in [0.5, 0.6) is 0 Å². The second kappa shape index (κ2) is 9.47. The lowest BCUT2D eigenvalue weighted by Gasteiger charge is -2.16. The summed E-state index contributed by atoms with van der Waals surface area (Å²) in [6, 6.07) is 7.65. The van der Waals surface area contributed by atoms with Gasteiger partial charge in [0.25, 0.3) is 5.91 Å². The highest BCUT2D eigenvalue weighted by atomic mass is 16.5. The summed E-state index contributed by atoms with van der Waals surface area (Å²) in [7, 11) is 5.44. The number of ether oxygens (including phenoxy) is 1. The van der Waals surface area contributed by atoms with Gasteiger partial charge in [-0.15, -0.1) is 0 Å². The Bertz CT molecular complexity index is 393. The molecule has 0 aliphatic carbocycles. The summed E-state index contributed by atoms with van der Waals surface area (Å²) in [4.78, 5) is 13.6. The van der Waals surface area contributed by atoms with Crippen molar-refractivity contribution >= 4 is 5.91 Å². The van der Waals surface area contributed by atoms with E-state index in [9.17, 15) is 4.79 Å². The summed E-state index contributed by atoms with van der Waals surface area (Å²) in [6.07, 6.45) is 0. The summed E-state index contributed by atoms with van der Waals surface area (Å²) < 4.78 is 5.03. The van der Waals surface area contributed by atoms with Crippen LogP contribution in [-0.2, 0) is 11.3 Å². The van der Waals surface area contributed by atoms with Gasteiger partial charge in [0.2, 0.25) is 0 Å². The van der Waals surface area contributed by atoms with Gasteiger partial charge >= 0.3 is 0 Å². The fourth-order valence-electron chi connectivity index (χ4n) is 1.78. The zero-order valence-electron chi connectivity index (χ0n) is 12.6. The molecule has 5 nitrogen and oxygen atoms in total. The van der Waals surface area contributed by atoms with Gasteiger partial charge in [-0.25, -0.2) is 0 Å². The van der Waals surface area contributed by atoms with Crippen molar-refractivity contribution in [2.75, 3.05) is 47.4 Å². The minimum Gasteiger partial charge on any atom is -0.383 e. The van der Waals surface area contributed by atoms with Gasteiger partial charge in [0.1, 0.15) is 0 Å². The number of carbonyl (C=O) groups excluding carboxylic acids is 1. The molecule has 5 heteroatoms. The third-order valence-electron chi connectivity index (χ3n) is 3.12. The highest BCUT2D eigenvalue weighted by Gasteiger charge is 2.02. The molecule has 1 rings (SSSR count). The monoisotopic (exact) mass is 279 g/mol. The smallest absolute Gasteiger partial charge is 0.251 e. The predicted octanol–water partition coefficient (Wildman–Crippen LogP) is 0.714. The first kappa shape index (κ1) is 16.6. The lowest BCUT2D eigenvalue weighted by molar-refractivity contribution is 0.0963. The maximum atomic E-state index is 11.4. The van der Waals surface area contributed by atoms with E-state index >= 15 is 0 Å². The van der Waals surface area contributed by atoms with Gasteiger partial charge in [-0.05, 0) is 24.7 Å². The maximum absolute atomic E-state index is 11.4. The van der Waals surface area contributed by atoms with Crippen molar-refractivity contribution in [3.8, 4) is 0 Å². The van der Waals surface area contributed by atoms with Crippen LogP contribution in [0.2, 0.25) is 0 Å². The number of rotatable bonds is 9. The van der Waals surface area contributed by atoms with Crippen LogP contribution in [-0.4, -0.2) is 58.3 Å². The molecule has 0 atom stereocenters. The fourth-order valence-corrected chi connectivity index (χ4v) is 1.78. The standard InChI is InChI=1S/C15H25N3O2/c1-16-15(19)14-6-4-13(5-7-14)12-17-8-9-18(2)10-11-20-3/h4-7,17H,8-12H2,1-3H3,(H,16,19). The van der Waals surface area contributed by atoms with Crippen LogP contribution in [0.25, 0.3) is 0 Å². The van der Waals surface area contributed by atoms with Crippen molar-refractivity contribution in [2.45, 2.75) is 6.54 Å². The number of hydrogen-bond acceptors (Lipinski definition) is 4. The van der Waals surface area contributed by atoms with Gasteiger partial charge in [-0.3, -0.25) is 4.79 Å². The number of benzene rings is 1. The number of nitrogens with one attached hydrogen (secondary N) is 2. The van der Waals surface area contributed by atoms with Gasteiger partial charge in [-0.1, -0.05) is 12.1 Å². The van der Waals surface area contributed by atoms with E-state index in [2.05, 4.69) is 22.6 Å². The topological polar surface area (TPSA) is 53.6 Å². The Morgan fingerprint density at radius 1 is 1.25 bits per heavy atom. The Kier molecular flexibility index (Phi) is 7.87. The number of carbonyl (C=O) groups is 1. The van der Waals surface area contributed by atoms with E-state index in [1.165, 1.54) is 5.56 Å². The average Bonchev–Trinajstić information content (AvgIpc) is 2.49. The van der Waals surface area contributed by atoms with Crippen molar-refractivity contribution in [3.05, 3.63) is 35.4 Å². The van der Waals surface area contributed by atoms with E-state index < -0.39 is 0 Å². The van der Waals surface area contributed by atoms with Crippen molar-refractivity contribution in [2.24, 2.45) is 0 Å². The molecule has 112 valence electrons. The molecule has 2 N–H and O–H groups in total. The molecule has 1 aromatic rings. The van der Waals surface area contributed by atoms with Crippen LogP contribution in [0.1, 0.15) is 15.9 Å². The lowest BCUT2D eigenvalue weighted by Crippen LogP contribution is -2.31. The molecule has 0 saturated heterocycles. The van der Waals surface area contributed by atoms with Crippen LogP contribution >= 0.6 is 0 Å². The highest BCUT2D eigenvalue weighted by molar-refractivity contribution is 5.93. The Hall–Kier alpha value is -1.43. The second-order valence-electron chi connectivity index (χ2n) is 4.75. The number of methoxy groups -OCH3 is 1. The summed E-state index contributed by atoms with van der Waals surface area (Å²) in [6.45, 7) is 4.43. The molecular formula is C15H25N3O2. The summed E-state index contributed by atoms with van der Waals surface area (Å²) in [5.41, 5.74) is 1.87. The van der Waals surface area contributed by atoms with Crippen LogP contribution in [0.15, 0.2) is 24.3 Å². The normalized spacial score (nSPS) is 10.8. The number of likely N-dealkylation sites (N-methyl/N-ethyl adjacent to an activating group) is 1. The molecule has 0 fully saturated rings. The zero-order chi connectivity index (χ0) is 14.8. The van der Waals surface area contributed by atoms with Gasteiger partial charge < -0.3 is 20.3 Å². The molecule has 1 amide bonds. The first-order chi connectivity index (χ1) is 9.67. The van der Waals surface area contributed by atoms with Crippen LogP contribution in [0, 0.1) is 0 Å². The minimum absolute atomic E-state index is 0.0516. The number of hydrogen-bond donors (Lipinski definition) is 2. The molecule has 0 spiro atoms. The van der Waals surface area contributed by atoms with E-state index in [0.29, 0.717) is 5.56 Å². The van der Waals surface area contributed by atoms with E-state index in [1.54, 1.807) is 14.2 Å². The quantitative estimate of drug-likeness (QED) is 0.654. The number of amides is 1. The van der Waals surface area contributed by atoms with Crippen molar-refractivity contribution in [1.29, 1.82) is 0 Å². The molecular weight excluding hydrogens is 254 g/mol. The van der Waals surface area contributed by atoms with Crippen molar-refractivity contribution < 1.29 is 9.53 Å². The molecule has 0 aromatic heterocycles. The van der Waals surface area contributed by atoms with E-state index in [0.717, 1.165) is 32.8 Å². The lowest BCUT2D eigenvalue weighted by atomic mass is 10.1. The zero-order valence-corrected chi connectivity index (χ0v) is 12.6. The van der Waals surface area contributed by atoms with Gasteiger partial charge in [-0.2, -0.15) is 0 Å². The van der Waals surface area contributed by atoms with Gasteiger partial charge in [0.15, 0.2) is 0 Å². The SMILES string of the molecule is CNC(=O)c1ccc(CNCCN(C)CCOC)cc1. The Labute approximate surface area is 121 Å². The molecule has 0 bridgehead atoms. The molecule has 0 saturated carbocycles. The molecule has 0 aliphatic rings. The Morgan fingerprint density at radius 2 is 1.95 bits per heavy atom. The van der Waals surface area contributed by atoms with Crippen LogP contribution in [0.3, 0.4) is 0 Å². The van der Waals surface area contributed by atoms with E-state index in [4.69, 9.17) is 4.74 Å². The molecule has 0 radical (unpaired) electrons. The minimum atomic E-state index is -0.0516. The summed E-state index contributed by atoms with van der Waals surface area (Å²) in [5.74, 6) is -0.0516. The third-order valence-corrected chi connectivity index (χ3v) is 3.12. The van der Waals surface area contributed by atoms with Crippen LogP contribution in [0.4, 0.5) is 0 Å². The predicted molar refractivity (Wildman–Crippen MR) is 80.9 cm³/mol. The summed E-state index contributed by atoms with van der Waals surface area (Å²) >= 11 is 0. The molecule has 0 unspecified atom stereocenters.